The lowest BCUT2D eigenvalue weighted by atomic mass is 10.1. The first-order chi connectivity index (χ1) is 6.77. The third kappa shape index (κ3) is 3.35. The second-order valence-electron chi connectivity index (χ2n) is 3.45. The summed E-state index contributed by atoms with van der Waals surface area (Å²) in [7, 11) is 0. The van der Waals surface area contributed by atoms with E-state index in [4.69, 9.17) is 5.11 Å². The summed E-state index contributed by atoms with van der Waals surface area (Å²) < 4.78 is 0. The van der Waals surface area contributed by atoms with Crippen LogP contribution in [0.25, 0.3) is 0 Å². The molecule has 14 heavy (non-hydrogen) atoms. The van der Waals surface area contributed by atoms with Crippen LogP contribution in [0.15, 0.2) is 23.1 Å². The smallest absolute Gasteiger partial charge is 0.0684 e. The predicted molar refractivity (Wildman–Crippen MR) is 62.7 cm³/mol. The quantitative estimate of drug-likeness (QED) is 0.594. The van der Waals surface area contributed by atoms with Crippen LogP contribution in [0.2, 0.25) is 0 Å². The Morgan fingerprint density at radius 2 is 2.14 bits per heavy atom. The van der Waals surface area contributed by atoms with Crippen LogP contribution in [0.3, 0.4) is 0 Å². The minimum Gasteiger partial charge on any atom is -0.392 e. The van der Waals surface area contributed by atoms with Gasteiger partial charge in [-0.15, -0.1) is 11.8 Å². The van der Waals surface area contributed by atoms with Crippen LogP contribution in [0, 0.1) is 6.92 Å². The Balaban J connectivity index is 2.57. The fourth-order valence-electron chi connectivity index (χ4n) is 1.27. The Hall–Kier alpha value is -0.470. The highest BCUT2D eigenvalue weighted by atomic mass is 32.2. The molecule has 1 nitrogen and oxygen atoms in total. The van der Waals surface area contributed by atoms with Gasteiger partial charge in [0.25, 0.3) is 0 Å². The second kappa shape index (κ2) is 6.10. The third-order valence-corrected chi connectivity index (χ3v) is 3.33. The van der Waals surface area contributed by atoms with Crippen LogP contribution in [-0.2, 0) is 6.61 Å². The molecule has 1 aromatic carbocycles. The van der Waals surface area contributed by atoms with Crippen molar-refractivity contribution in [2.45, 2.75) is 38.2 Å². The molecule has 1 aromatic rings. The molecule has 0 fully saturated rings. The first-order valence-electron chi connectivity index (χ1n) is 5.11. The van der Waals surface area contributed by atoms with Crippen molar-refractivity contribution in [3.63, 3.8) is 0 Å². The van der Waals surface area contributed by atoms with Gasteiger partial charge in [0.2, 0.25) is 0 Å². The maximum Gasteiger partial charge on any atom is 0.0684 e. The minimum absolute atomic E-state index is 0.145. The van der Waals surface area contributed by atoms with E-state index in [0.717, 1.165) is 5.56 Å². The largest absolute Gasteiger partial charge is 0.392 e. The Morgan fingerprint density at radius 3 is 2.71 bits per heavy atom. The lowest BCUT2D eigenvalue weighted by Gasteiger charge is -2.05. The number of hydrogen-bond donors (Lipinski definition) is 1. The summed E-state index contributed by atoms with van der Waals surface area (Å²) in [5.41, 5.74) is 2.22. The molecule has 0 aliphatic rings. The van der Waals surface area contributed by atoms with Gasteiger partial charge in [-0.3, -0.25) is 0 Å². The van der Waals surface area contributed by atoms with Crippen molar-refractivity contribution < 1.29 is 5.11 Å². The molecule has 0 aliphatic heterocycles. The fourth-order valence-corrected chi connectivity index (χ4v) is 2.36. The number of aliphatic hydroxyl groups is 1. The van der Waals surface area contributed by atoms with Crippen LogP contribution < -0.4 is 0 Å². The van der Waals surface area contributed by atoms with Crippen LogP contribution in [0.5, 0.6) is 0 Å². The molecule has 78 valence electrons. The molecule has 1 N–H and O–H groups in total. The lowest BCUT2D eigenvalue weighted by molar-refractivity contribution is 0.281. The van der Waals surface area contributed by atoms with Gasteiger partial charge in [0, 0.05) is 4.90 Å². The van der Waals surface area contributed by atoms with Gasteiger partial charge in [-0.25, -0.2) is 0 Å². The zero-order valence-corrected chi connectivity index (χ0v) is 9.73. The number of benzene rings is 1. The summed E-state index contributed by atoms with van der Waals surface area (Å²) in [6, 6.07) is 6.27. The number of rotatable bonds is 5. The van der Waals surface area contributed by atoms with Crippen molar-refractivity contribution >= 4 is 11.8 Å². The molecule has 2 heteroatoms. The Bertz CT molecular complexity index is 284. The van der Waals surface area contributed by atoms with E-state index in [9.17, 15) is 0 Å². The summed E-state index contributed by atoms with van der Waals surface area (Å²) in [6.07, 6.45) is 2.52. The molecule has 0 saturated heterocycles. The van der Waals surface area contributed by atoms with E-state index in [1.54, 1.807) is 0 Å². The summed E-state index contributed by atoms with van der Waals surface area (Å²) in [6.45, 7) is 4.40. The zero-order valence-electron chi connectivity index (χ0n) is 8.92. The summed E-state index contributed by atoms with van der Waals surface area (Å²) in [4.78, 5) is 1.31. The second-order valence-corrected chi connectivity index (χ2v) is 4.62. The fraction of sp³-hybridized carbons (Fsp3) is 0.500. The van der Waals surface area contributed by atoms with Crippen LogP contribution in [0.1, 0.15) is 30.9 Å². The van der Waals surface area contributed by atoms with Gasteiger partial charge in [-0.2, -0.15) is 0 Å². The van der Waals surface area contributed by atoms with E-state index in [2.05, 4.69) is 26.0 Å². The Kier molecular flexibility index (Phi) is 5.05. The number of unbranched alkanes of at least 4 members (excludes halogenated alkanes) is 1. The van der Waals surface area contributed by atoms with Crippen LogP contribution in [0.4, 0.5) is 0 Å². The summed E-state index contributed by atoms with van der Waals surface area (Å²) in [5.74, 6) is 1.19. The topological polar surface area (TPSA) is 20.2 Å². The van der Waals surface area contributed by atoms with Gasteiger partial charge in [0.1, 0.15) is 0 Å². The normalized spacial score (nSPS) is 10.5. The van der Waals surface area contributed by atoms with Gasteiger partial charge in [0.15, 0.2) is 0 Å². The molecule has 1 rings (SSSR count). The standard InChI is InChI=1S/C12H18OS/c1-3-4-7-14-12-6-5-11(9-13)10(2)8-12/h5-6,8,13H,3-4,7,9H2,1-2H3. The lowest BCUT2D eigenvalue weighted by Crippen LogP contribution is -1.88. The minimum atomic E-state index is 0.145. The highest BCUT2D eigenvalue weighted by molar-refractivity contribution is 7.99. The SMILES string of the molecule is CCCCSc1ccc(CO)c(C)c1. The number of aliphatic hydroxyl groups excluding tert-OH is 1. The zero-order chi connectivity index (χ0) is 10.4. The van der Waals surface area contributed by atoms with E-state index in [1.807, 2.05) is 17.8 Å². The maximum atomic E-state index is 9.02. The molecule has 0 amide bonds. The molecule has 0 heterocycles. The van der Waals surface area contributed by atoms with E-state index in [1.165, 1.54) is 29.1 Å². The molecule has 0 radical (unpaired) electrons. The van der Waals surface area contributed by atoms with E-state index < -0.39 is 0 Å². The maximum absolute atomic E-state index is 9.02. The third-order valence-electron chi connectivity index (χ3n) is 2.25. The van der Waals surface area contributed by atoms with Crippen molar-refractivity contribution in [1.82, 2.24) is 0 Å². The van der Waals surface area contributed by atoms with Crippen molar-refractivity contribution in [1.29, 1.82) is 0 Å². The van der Waals surface area contributed by atoms with Gasteiger partial charge in [0.05, 0.1) is 6.61 Å². The van der Waals surface area contributed by atoms with E-state index >= 15 is 0 Å². The number of thioether (sulfide) groups is 1. The average Bonchev–Trinajstić information content (AvgIpc) is 2.18. The van der Waals surface area contributed by atoms with Crippen molar-refractivity contribution in [3.05, 3.63) is 29.3 Å². The molecular weight excluding hydrogens is 192 g/mol. The van der Waals surface area contributed by atoms with Crippen LogP contribution >= 0.6 is 11.8 Å². The van der Waals surface area contributed by atoms with Crippen molar-refractivity contribution in [3.8, 4) is 0 Å². The van der Waals surface area contributed by atoms with E-state index in [0.29, 0.717) is 0 Å². The van der Waals surface area contributed by atoms with E-state index in [-0.39, 0.29) is 6.61 Å². The van der Waals surface area contributed by atoms with Crippen molar-refractivity contribution in [2.75, 3.05) is 5.75 Å². The number of hydrogen-bond acceptors (Lipinski definition) is 2. The molecule has 0 atom stereocenters. The highest BCUT2D eigenvalue weighted by Gasteiger charge is 1.99. The van der Waals surface area contributed by atoms with Gasteiger partial charge in [-0.1, -0.05) is 19.4 Å². The molecule has 0 spiro atoms. The molecule has 0 bridgehead atoms. The van der Waals surface area contributed by atoms with Gasteiger partial charge < -0.3 is 5.11 Å². The molecule has 0 unspecified atom stereocenters. The summed E-state index contributed by atoms with van der Waals surface area (Å²) in [5, 5.41) is 9.02. The highest BCUT2D eigenvalue weighted by Crippen LogP contribution is 2.22. The van der Waals surface area contributed by atoms with Crippen LogP contribution in [-0.4, -0.2) is 10.9 Å². The van der Waals surface area contributed by atoms with Gasteiger partial charge >= 0.3 is 0 Å². The van der Waals surface area contributed by atoms with Crippen molar-refractivity contribution in [2.24, 2.45) is 0 Å². The molecule has 0 aromatic heterocycles. The first kappa shape index (κ1) is 11.6. The average molecular weight is 210 g/mol. The number of aryl methyl sites for hydroxylation is 1. The molecular formula is C12H18OS. The summed E-state index contributed by atoms with van der Waals surface area (Å²) >= 11 is 1.90. The first-order valence-corrected chi connectivity index (χ1v) is 6.09. The monoisotopic (exact) mass is 210 g/mol. The molecule has 0 aliphatic carbocycles. The molecule has 0 saturated carbocycles. The van der Waals surface area contributed by atoms with Gasteiger partial charge in [-0.05, 0) is 42.4 Å². The Morgan fingerprint density at radius 1 is 1.36 bits per heavy atom. The Labute approximate surface area is 90.5 Å². The predicted octanol–water partition coefficient (Wildman–Crippen LogP) is 3.38.